The molecule has 2 heterocycles. The summed E-state index contributed by atoms with van der Waals surface area (Å²) < 4.78 is 34.9. The first-order valence-corrected chi connectivity index (χ1v) is 12.0. The van der Waals surface area contributed by atoms with Gasteiger partial charge in [0.1, 0.15) is 11.3 Å². The molecule has 0 amide bonds. The first-order valence-electron chi connectivity index (χ1n) is 10.8. The summed E-state index contributed by atoms with van der Waals surface area (Å²) in [6.45, 7) is 5.39. The monoisotopic (exact) mass is 566 g/mol. The van der Waals surface area contributed by atoms with E-state index in [0.29, 0.717) is 0 Å². The largest absolute Gasteiger partial charge is 0.478 e. The number of hydrogen-bond donors (Lipinski definition) is 1. The van der Waals surface area contributed by atoms with Crippen molar-refractivity contribution in [3.8, 4) is 11.3 Å². The number of aliphatic carboxylic acids is 1. The Morgan fingerprint density at radius 1 is 1.14 bits per heavy atom. The van der Waals surface area contributed by atoms with E-state index in [1.54, 1.807) is 20.8 Å². The fourth-order valence-electron chi connectivity index (χ4n) is 4.04. The lowest BCUT2D eigenvalue weighted by Crippen LogP contribution is -2.19. The summed E-state index contributed by atoms with van der Waals surface area (Å²) in [5, 5.41) is 13.7. The average Bonchev–Trinajstić information content (AvgIpc) is 3.39. The van der Waals surface area contributed by atoms with Gasteiger partial charge in [-0.2, -0.15) is 0 Å². The van der Waals surface area contributed by atoms with E-state index in [0.717, 1.165) is 16.8 Å². The van der Waals surface area contributed by atoms with Crippen molar-refractivity contribution >= 4 is 63.7 Å². The second kappa shape index (κ2) is 9.93. The number of rotatable bonds is 5. The summed E-state index contributed by atoms with van der Waals surface area (Å²) in [6, 6.07) is 7.38. The van der Waals surface area contributed by atoms with Crippen LogP contribution in [0.4, 0.5) is 8.78 Å². The number of nitrogens with zero attached hydrogens (tertiary/aromatic N) is 2. The second-order valence-electron chi connectivity index (χ2n) is 9.20. The molecule has 1 N–H and O–H groups in total. The normalized spacial score (nSPS) is 12.2. The van der Waals surface area contributed by atoms with Gasteiger partial charge in [0.2, 0.25) is 0 Å². The molecule has 0 aliphatic carbocycles. The lowest BCUT2D eigenvalue weighted by molar-refractivity contribution is -0.131. The zero-order valence-corrected chi connectivity index (χ0v) is 21.9. The van der Waals surface area contributed by atoms with Gasteiger partial charge in [-0.05, 0) is 29.8 Å². The highest BCUT2D eigenvalue weighted by molar-refractivity contribution is 6.42. The van der Waals surface area contributed by atoms with E-state index in [-0.39, 0.29) is 54.1 Å². The summed E-state index contributed by atoms with van der Waals surface area (Å²) in [4.78, 5) is 25.1. The Bertz CT molecular complexity index is 1560. The summed E-state index contributed by atoms with van der Waals surface area (Å²) in [6.07, 6.45) is 0.123. The standard InChI is InChI=1S/C26H19Cl3F2N2O4/c1-26(2,3)23-21(22(32-37-23)20-15(28)9-13(27)10-16(20)29)25(36)33-11-14(24(30)31)19-12(7-8-18(34)35)5-4-6-17(19)33/h4-11,24H,1-3H3,(H,34,35)/b8-7+. The number of carbonyl (C=O) groups excluding carboxylic acids is 1. The summed E-state index contributed by atoms with van der Waals surface area (Å²) >= 11 is 18.9. The van der Waals surface area contributed by atoms with Crippen LogP contribution in [0, 0.1) is 0 Å². The highest BCUT2D eigenvalue weighted by atomic mass is 35.5. The predicted molar refractivity (Wildman–Crippen MR) is 139 cm³/mol. The lowest BCUT2D eigenvalue weighted by Gasteiger charge is -2.17. The number of fused-ring (bicyclic) bond motifs is 1. The molecule has 2 aromatic heterocycles. The lowest BCUT2D eigenvalue weighted by atomic mass is 9.88. The quantitative estimate of drug-likeness (QED) is 0.245. The molecule has 37 heavy (non-hydrogen) atoms. The Morgan fingerprint density at radius 2 is 1.78 bits per heavy atom. The number of benzene rings is 2. The Labute approximate surface area is 225 Å². The number of alkyl halides is 2. The topological polar surface area (TPSA) is 85.3 Å². The Kier molecular flexibility index (Phi) is 7.21. The number of aromatic nitrogens is 2. The number of carboxylic acid groups (broad SMARTS) is 1. The van der Waals surface area contributed by atoms with Gasteiger partial charge in [-0.15, -0.1) is 0 Å². The first kappa shape index (κ1) is 26.9. The van der Waals surface area contributed by atoms with E-state index in [2.05, 4.69) is 5.16 Å². The summed E-state index contributed by atoms with van der Waals surface area (Å²) in [5.41, 5.74) is -0.573. The molecule has 11 heteroatoms. The molecule has 192 valence electrons. The van der Waals surface area contributed by atoms with Crippen LogP contribution in [0.2, 0.25) is 15.1 Å². The van der Waals surface area contributed by atoms with Crippen molar-refractivity contribution in [2.24, 2.45) is 0 Å². The van der Waals surface area contributed by atoms with Crippen molar-refractivity contribution in [3.05, 3.63) is 80.1 Å². The van der Waals surface area contributed by atoms with Crippen LogP contribution in [0.25, 0.3) is 28.2 Å². The number of carboxylic acids is 1. The van der Waals surface area contributed by atoms with Gasteiger partial charge in [-0.25, -0.2) is 13.6 Å². The zero-order chi connectivity index (χ0) is 27.2. The van der Waals surface area contributed by atoms with E-state index >= 15 is 0 Å². The van der Waals surface area contributed by atoms with Gasteiger partial charge in [0.15, 0.2) is 5.76 Å². The third kappa shape index (κ3) is 5.01. The Morgan fingerprint density at radius 3 is 2.35 bits per heavy atom. The smallest absolute Gasteiger partial charge is 0.328 e. The number of carbonyl (C=O) groups is 2. The van der Waals surface area contributed by atoms with Crippen molar-refractivity contribution in [2.75, 3.05) is 0 Å². The van der Waals surface area contributed by atoms with Gasteiger partial charge in [-0.3, -0.25) is 9.36 Å². The van der Waals surface area contributed by atoms with Gasteiger partial charge in [-0.1, -0.05) is 72.9 Å². The molecule has 0 aliphatic rings. The van der Waals surface area contributed by atoms with E-state index in [4.69, 9.17) is 44.4 Å². The molecule has 6 nitrogen and oxygen atoms in total. The molecule has 0 saturated heterocycles. The first-order chi connectivity index (χ1) is 17.3. The van der Waals surface area contributed by atoms with Crippen LogP contribution in [0.5, 0.6) is 0 Å². The fraction of sp³-hybridized carbons (Fsp3) is 0.192. The molecule has 0 aliphatic heterocycles. The van der Waals surface area contributed by atoms with Crippen LogP contribution in [0.3, 0.4) is 0 Å². The SMILES string of the molecule is CC(C)(C)c1onc(-c2c(Cl)cc(Cl)cc2Cl)c1C(=O)n1cc(C(F)F)c2c(/C=C/C(=O)O)cccc21. The maximum atomic E-state index is 14.1. The molecule has 0 bridgehead atoms. The minimum Gasteiger partial charge on any atom is -0.478 e. The maximum Gasteiger partial charge on any atom is 0.328 e. The Hall–Kier alpha value is -3.20. The van der Waals surface area contributed by atoms with E-state index in [9.17, 15) is 18.4 Å². The molecular weight excluding hydrogens is 549 g/mol. The van der Waals surface area contributed by atoms with Gasteiger partial charge >= 0.3 is 5.97 Å². The molecule has 2 aromatic carbocycles. The molecule has 4 rings (SSSR count). The second-order valence-corrected chi connectivity index (χ2v) is 10.5. The van der Waals surface area contributed by atoms with Crippen LogP contribution < -0.4 is 0 Å². The van der Waals surface area contributed by atoms with Crippen molar-refractivity contribution in [1.82, 2.24) is 9.72 Å². The van der Waals surface area contributed by atoms with E-state index < -0.39 is 29.3 Å². The van der Waals surface area contributed by atoms with E-state index in [1.165, 1.54) is 36.4 Å². The van der Waals surface area contributed by atoms with Crippen LogP contribution in [0.1, 0.15) is 54.4 Å². The minimum atomic E-state index is -2.94. The van der Waals surface area contributed by atoms with Crippen molar-refractivity contribution in [2.45, 2.75) is 32.6 Å². The number of hydrogen-bond acceptors (Lipinski definition) is 4. The fourth-order valence-corrected chi connectivity index (χ4v) is 5.04. The molecule has 0 spiro atoms. The highest BCUT2D eigenvalue weighted by Crippen LogP contribution is 2.42. The summed E-state index contributed by atoms with van der Waals surface area (Å²) in [7, 11) is 0. The van der Waals surface area contributed by atoms with Crippen LogP contribution in [0.15, 0.2) is 47.1 Å². The molecule has 0 radical (unpaired) electrons. The van der Waals surface area contributed by atoms with Crippen molar-refractivity contribution in [3.63, 3.8) is 0 Å². The molecule has 0 unspecified atom stereocenters. The van der Waals surface area contributed by atoms with Gasteiger partial charge in [0.05, 0.1) is 15.6 Å². The molecule has 0 atom stereocenters. The third-order valence-corrected chi connectivity index (χ3v) is 6.40. The van der Waals surface area contributed by atoms with Crippen LogP contribution in [-0.2, 0) is 10.2 Å². The number of halogens is 5. The zero-order valence-electron chi connectivity index (χ0n) is 19.7. The molecular formula is C26H19Cl3F2N2O4. The maximum absolute atomic E-state index is 14.1. The molecule has 0 fully saturated rings. The third-order valence-electron chi connectivity index (χ3n) is 5.58. The van der Waals surface area contributed by atoms with Crippen LogP contribution >= 0.6 is 34.8 Å². The molecule has 4 aromatic rings. The van der Waals surface area contributed by atoms with Crippen LogP contribution in [-0.4, -0.2) is 26.7 Å². The van der Waals surface area contributed by atoms with Gasteiger partial charge in [0, 0.05) is 39.2 Å². The predicted octanol–water partition coefficient (Wildman–Crippen LogP) is 8.28. The van der Waals surface area contributed by atoms with Gasteiger partial charge in [0.25, 0.3) is 12.3 Å². The average molecular weight is 568 g/mol. The Balaban J connectivity index is 2.03. The minimum absolute atomic E-state index is 0.0113. The highest BCUT2D eigenvalue weighted by Gasteiger charge is 2.35. The summed E-state index contributed by atoms with van der Waals surface area (Å²) in [5.74, 6) is -1.76. The van der Waals surface area contributed by atoms with Crippen molar-refractivity contribution < 1.29 is 28.0 Å². The van der Waals surface area contributed by atoms with E-state index in [1.807, 2.05) is 0 Å². The van der Waals surface area contributed by atoms with Gasteiger partial charge < -0.3 is 9.63 Å². The van der Waals surface area contributed by atoms with Crippen molar-refractivity contribution in [1.29, 1.82) is 0 Å². The molecule has 0 saturated carbocycles.